The van der Waals surface area contributed by atoms with E-state index in [1.165, 1.54) is 5.57 Å². The molecule has 1 aromatic heterocycles. The van der Waals surface area contributed by atoms with Gasteiger partial charge >= 0.3 is 0 Å². The van der Waals surface area contributed by atoms with Crippen LogP contribution in [-0.2, 0) is 0 Å². The van der Waals surface area contributed by atoms with Crippen molar-refractivity contribution in [3.63, 3.8) is 0 Å². The minimum Gasteiger partial charge on any atom is -0.339 e. The molecule has 0 fully saturated rings. The lowest BCUT2D eigenvalue weighted by molar-refractivity contribution is 0.103. The van der Waals surface area contributed by atoms with Crippen molar-refractivity contribution in [1.29, 1.82) is 0 Å². The Bertz CT molecular complexity index is 1100. The SMILES string of the molecule is CC(C)CN1CC=C(c2cn(N)c3ccc(C(=O)c4ccccc4Cl)cc23)CC1. The third kappa shape index (κ3) is 3.96. The smallest absolute Gasteiger partial charge is 0.194 e. The van der Waals surface area contributed by atoms with Gasteiger partial charge < -0.3 is 5.84 Å². The predicted octanol–water partition coefficient (Wildman–Crippen LogP) is 4.98. The number of nitrogens with zero attached hydrogens (tertiary/aromatic N) is 2. The van der Waals surface area contributed by atoms with Gasteiger partial charge in [0.25, 0.3) is 0 Å². The predicted molar refractivity (Wildman–Crippen MR) is 121 cm³/mol. The number of carbonyl (C=O) groups is 1. The normalized spacial score (nSPS) is 15.1. The molecule has 0 spiro atoms. The monoisotopic (exact) mass is 407 g/mol. The molecule has 1 aliphatic rings. The molecule has 0 unspecified atom stereocenters. The summed E-state index contributed by atoms with van der Waals surface area (Å²) in [6.45, 7) is 7.60. The molecule has 3 aromatic rings. The van der Waals surface area contributed by atoms with Gasteiger partial charge in [0, 0.05) is 47.9 Å². The molecule has 0 radical (unpaired) electrons. The lowest BCUT2D eigenvalue weighted by Gasteiger charge is -2.27. The van der Waals surface area contributed by atoms with Crippen molar-refractivity contribution in [2.75, 3.05) is 25.5 Å². The fourth-order valence-electron chi connectivity index (χ4n) is 4.09. The number of hydrogen-bond donors (Lipinski definition) is 1. The van der Waals surface area contributed by atoms with E-state index in [-0.39, 0.29) is 5.78 Å². The summed E-state index contributed by atoms with van der Waals surface area (Å²) in [5, 5.41) is 1.48. The van der Waals surface area contributed by atoms with Crippen LogP contribution in [0.25, 0.3) is 16.5 Å². The fraction of sp³-hybridized carbons (Fsp3) is 0.292. The first kappa shape index (κ1) is 19.7. The van der Waals surface area contributed by atoms with Gasteiger partial charge in [0.15, 0.2) is 5.78 Å². The second-order valence-corrected chi connectivity index (χ2v) is 8.53. The zero-order valence-corrected chi connectivity index (χ0v) is 17.6. The fourth-order valence-corrected chi connectivity index (χ4v) is 4.31. The molecule has 2 heterocycles. The number of aromatic nitrogens is 1. The first-order valence-electron chi connectivity index (χ1n) is 10.0. The zero-order valence-electron chi connectivity index (χ0n) is 16.9. The van der Waals surface area contributed by atoms with E-state index in [1.807, 2.05) is 36.5 Å². The number of nitrogens with two attached hydrogens (primary N) is 1. The molecule has 0 bridgehead atoms. The quantitative estimate of drug-likeness (QED) is 0.479. The average Bonchev–Trinajstić information content (AvgIpc) is 3.04. The number of ketones is 1. The van der Waals surface area contributed by atoms with Gasteiger partial charge in [-0.05, 0) is 48.2 Å². The Labute approximate surface area is 176 Å². The summed E-state index contributed by atoms with van der Waals surface area (Å²) in [5.41, 5.74) is 4.46. The minimum absolute atomic E-state index is 0.0750. The largest absolute Gasteiger partial charge is 0.339 e. The van der Waals surface area contributed by atoms with Gasteiger partial charge in [-0.2, -0.15) is 0 Å². The third-order valence-corrected chi connectivity index (χ3v) is 5.81. The topological polar surface area (TPSA) is 51.3 Å². The van der Waals surface area contributed by atoms with Crippen molar-refractivity contribution >= 4 is 33.9 Å². The number of halogens is 1. The highest BCUT2D eigenvalue weighted by molar-refractivity contribution is 6.35. The average molecular weight is 408 g/mol. The molecule has 0 saturated heterocycles. The Morgan fingerprint density at radius 1 is 1.21 bits per heavy atom. The summed E-state index contributed by atoms with van der Waals surface area (Å²) in [5.74, 6) is 6.80. The van der Waals surface area contributed by atoms with E-state index in [2.05, 4.69) is 24.8 Å². The zero-order chi connectivity index (χ0) is 20.5. The number of benzene rings is 2. The number of rotatable bonds is 5. The first-order chi connectivity index (χ1) is 13.9. The van der Waals surface area contributed by atoms with E-state index in [0.717, 1.165) is 42.5 Å². The van der Waals surface area contributed by atoms with Crippen molar-refractivity contribution in [3.8, 4) is 0 Å². The van der Waals surface area contributed by atoms with Crippen LogP contribution in [0.1, 0.15) is 41.8 Å². The summed E-state index contributed by atoms with van der Waals surface area (Å²) in [6.07, 6.45) is 5.25. The molecule has 2 aromatic carbocycles. The minimum atomic E-state index is -0.0750. The summed E-state index contributed by atoms with van der Waals surface area (Å²) in [7, 11) is 0. The van der Waals surface area contributed by atoms with Crippen molar-refractivity contribution < 1.29 is 4.79 Å². The van der Waals surface area contributed by atoms with Crippen LogP contribution >= 0.6 is 11.6 Å². The van der Waals surface area contributed by atoms with Gasteiger partial charge in [0.1, 0.15) is 0 Å². The molecule has 0 aliphatic carbocycles. The number of nitrogen functional groups attached to an aromatic ring is 1. The van der Waals surface area contributed by atoms with Gasteiger partial charge in [-0.1, -0.05) is 43.7 Å². The van der Waals surface area contributed by atoms with Crippen LogP contribution in [0, 0.1) is 5.92 Å². The molecule has 1 aliphatic heterocycles. The highest BCUT2D eigenvalue weighted by atomic mass is 35.5. The maximum absolute atomic E-state index is 13.0. The molecular formula is C24H26ClN3O. The van der Waals surface area contributed by atoms with Crippen LogP contribution < -0.4 is 5.84 Å². The van der Waals surface area contributed by atoms with Crippen molar-refractivity contribution in [2.24, 2.45) is 5.92 Å². The van der Waals surface area contributed by atoms with E-state index in [4.69, 9.17) is 17.4 Å². The molecule has 29 heavy (non-hydrogen) atoms. The Morgan fingerprint density at radius 3 is 2.69 bits per heavy atom. The van der Waals surface area contributed by atoms with Gasteiger partial charge in [-0.15, -0.1) is 0 Å². The standard InChI is InChI=1S/C24H26ClN3O/c1-16(2)14-27-11-9-17(10-12-27)21-15-28(26)23-8-7-18(13-20(21)23)24(29)19-5-3-4-6-22(19)25/h3-9,13,15-16H,10-12,14,26H2,1-2H3. The lowest BCUT2D eigenvalue weighted by atomic mass is 9.96. The van der Waals surface area contributed by atoms with Crippen LogP contribution in [0.15, 0.2) is 54.7 Å². The Hall–Kier alpha value is -2.56. The highest BCUT2D eigenvalue weighted by Gasteiger charge is 2.19. The van der Waals surface area contributed by atoms with Gasteiger partial charge in [-0.3, -0.25) is 14.4 Å². The lowest BCUT2D eigenvalue weighted by Crippen LogP contribution is -2.31. The summed E-state index contributed by atoms with van der Waals surface area (Å²) < 4.78 is 1.65. The summed E-state index contributed by atoms with van der Waals surface area (Å²) in [4.78, 5) is 15.5. The van der Waals surface area contributed by atoms with Crippen LogP contribution in [0.2, 0.25) is 5.02 Å². The highest BCUT2D eigenvalue weighted by Crippen LogP contribution is 2.32. The van der Waals surface area contributed by atoms with Crippen molar-refractivity contribution in [3.05, 3.63) is 76.5 Å². The number of hydrogen-bond acceptors (Lipinski definition) is 3. The summed E-state index contributed by atoms with van der Waals surface area (Å²) in [6, 6.07) is 12.8. The van der Waals surface area contributed by atoms with Gasteiger partial charge in [0.2, 0.25) is 0 Å². The molecule has 2 N–H and O–H groups in total. The van der Waals surface area contributed by atoms with E-state index in [1.54, 1.807) is 16.8 Å². The van der Waals surface area contributed by atoms with Crippen LogP contribution in [0.4, 0.5) is 0 Å². The second kappa shape index (κ2) is 8.05. The summed E-state index contributed by atoms with van der Waals surface area (Å²) >= 11 is 6.24. The van der Waals surface area contributed by atoms with Crippen LogP contribution in [-0.4, -0.2) is 35.0 Å². The molecule has 5 heteroatoms. The molecule has 150 valence electrons. The van der Waals surface area contributed by atoms with E-state index in [0.29, 0.717) is 22.1 Å². The molecule has 0 atom stereocenters. The number of carbonyl (C=O) groups excluding carboxylic acids is 1. The van der Waals surface area contributed by atoms with Crippen molar-refractivity contribution in [2.45, 2.75) is 20.3 Å². The van der Waals surface area contributed by atoms with E-state index < -0.39 is 0 Å². The third-order valence-electron chi connectivity index (χ3n) is 5.48. The molecule has 0 amide bonds. The van der Waals surface area contributed by atoms with E-state index >= 15 is 0 Å². The first-order valence-corrected chi connectivity index (χ1v) is 10.4. The van der Waals surface area contributed by atoms with E-state index in [9.17, 15) is 4.79 Å². The van der Waals surface area contributed by atoms with Gasteiger partial charge in [-0.25, -0.2) is 0 Å². The molecular weight excluding hydrogens is 382 g/mol. The maximum atomic E-state index is 13.0. The maximum Gasteiger partial charge on any atom is 0.194 e. The Morgan fingerprint density at radius 2 is 2.00 bits per heavy atom. The second-order valence-electron chi connectivity index (χ2n) is 8.12. The van der Waals surface area contributed by atoms with Gasteiger partial charge in [0.05, 0.1) is 10.5 Å². The van der Waals surface area contributed by atoms with Crippen LogP contribution in [0.3, 0.4) is 0 Å². The van der Waals surface area contributed by atoms with Crippen LogP contribution in [0.5, 0.6) is 0 Å². The Kier molecular flexibility index (Phi) is 5.48. The number of fused-ring (bicyclic) bond motifs is 1. The molecule has 4 nitrogen and oxygen atoms in total. The van der Waals surface area contributed by atoms with Crippen molar-refractivity contribution in [1.82, 2.24) is 9.58 Å². The molecule has 4 rings (SSSR count). The molecule has 0 saturated carbocycles. The Balaban J connectivity index is 1.70.